The smallest absolute Gasteiger partial charge is 0.0901 e. The molecule has 4 nitrogen and oxygen atoms in total. The summed E-state index contributed by atoms with van der Waals surface area (Å²) in [6, 6.07) is 0. The third-order valence-corrected chi connectivity index (χ3v) is 3.37. The maximum atomic E-state index is 5.78. The lowest BCUT2D eigenvalue weighted by molar-refractivity contribution is 0.0914. The van der Waals surface area contributed by atoms with Gasteiger partial charge < -0.3 is 10.5 Å². The lowest BCUT2D eigenvalue weighted by Crippen LogP contribution is -2.18. The molecule has 0 radical (unpaired) electrons. The van der Waals surface area contributed by atoms with Crippen molar-refractivity contribution in [3.05, 3.63) is 17.0 Å². The number of ether oxygens (including phenoxy) is 1. The molecule has 1 fully saturated rings. The van der Waals surface area contributed by atoms with Crippen molar-refractivity contribution < 1.29 is 4.74 Å². The van der Waals surface area contributed by atoms with E-state index >= 15 is 0 Å². The van der Waals surface area contributed by atoms with Crippen LogP contribution in [0.25, 0.3) is 0 Å². The van der Waals surface area contributed by atoms with Crippen molar-refractivity contribution in [1.29, 1.82) is 0 Å². The van der Waals surface area contributed by atoms with Crippen LogP contribution >= 0.6 is 0 Å². The molecule has 2 heterocycles. The first-order valence-corrected chi connectivity index (χ1v) is 5.47. The van der Waals surface area contributed by atoms with Crippen LogP contribution in [0.5, 0.6) is 0 Å². The highest BCUT2D eigenvalue weighted by Crippen LogP contribution is 2.36. The molecule has 15 heavy (non-hydrogen) atoms. The van der Waals surface area contributed by atoms with Gasteiger partial charge in [-0.05, 0) is 26.8 Å². The Morgan fingerprint density at radius 2 is 2.27 bits per heavy atom. The van der Waals surface area contributed by atoms with Crippen LogP contribution in [-0.2, 0) is 11.8 Å². The first-order valence-electron chi connectivity index (χ1n) is 5.47. The molecule has 1 saturated heterocycles. The van der Waals surface area contributed by atoms with Gasteiger partial charge in [0.1, 0.15) is 0 Å². The molecule has 2 rings (SSSR count). The SMILES string of the molecule is Cc1nn(C)c(C)c1C1OCCC1CN. The van der Waals surface area contributed by atoms with Crippen LogP contribution in [0.15, 0.2) is 0 Å². The summed E-state index contributed by atoms with van der Waals surface area (Å²) in [5, 5.41) is 4.42. The molecule has 0 saturated carbocycles. The zero-order valence-electron chi connectivity index (χ0n) is 9.66. The highest BCUT2D eigenvalue weighted by molar-refractivity contribution is 5.28. The summed E-state index contributed by atoms with van der Waals surface area (Å²) in [7, 11) is 1.97. The fraction of sp³-hybridized carbons (Fsp3) is 0.727. The molecule has 1 aromatic rings. The predicted octanol–water partition coefficient (Wildman–Crippen LogP) is 1.07. The normalized spacial score (nSPS) is 26.1. The van der Waals surface area contributed by atoms with Crippen LogP contribution in [-0.4, -0.2) is 22.9 Å². The van der Waals surface area contributed by atoms with Gasteiger partial charge in [0.25, 0.3) is 0 Å². The van der Waals surface area contributed by atoms with Gasteiger partial charge in [-0.3, -0.25) is 4.68 Å². The lowest BCUT2D eigenvalue weighted by atomic mass is 9.94. The predicted molar refractivity (Wildman–Crippen MR) is 58.5 cm³/mol. The van der Waals surface area contributed by atoms with E-state index in [2.05, 4.69) is 12.0 Å². The quantitative estimate of drug-likeness (QED) is 0.792. The monoisotopic (exact) mass is 209 g/mol. The minimum absolute atomic E-state index is 0.156. The summed E-state index contributed by atoms with van der Waals surface area (Å²) < 4.78 is 7.70. The summed E-state index contributed by atoms with van der Waals surface area (Å²) in [5.41, 5.74) is 9.26. The average molecular weight is 209 g/mol. The Labute approximate surface area is 90.4 Å². The molecule has 84 valence electrons. The van der Waals surface area contributed by atoms with E-state index < -0.39 is 0 Å². The second-order valence-corrected chi connectivity index (χ2v) is 4.28. The average Bonchev–Trinajstić information content (AvgIpc) is 2.73. The topological polar surface area (TPSA) is 53.1 Å². The molecule has 2 unspecified atom stereocenters. The summed E-state index contributed by atoms with van der Waals surface area (Å²) in [6.45, 7) is 5.64. The van der Waals surface area contributed by atoms with Crippen LogP contribution in [0.1, 0.15) is 29.5 Å². The van der Waals surface area contributed by atoms with Crippen LogP contribution in [0.3, 0.4) is 0 Å². The van der Waals surface area contributed by atoms with E-state index in [4.69, 9.17) is 10.5 Å². The Balaban J connectivity index is 2.36. The molecule has 4 heteroatoms. The van der Waals surface area contributed by atoms with E-state index in [0.29, 0.717) is 12.5 Å². The van der Waals surface area contributed by atoms with Crippen LogP contribution < -0.4 is 5.73 Å². The van der Waals surface area contributed by atoms with Gasteiger partial charge in [-0.25, -0.2) is 0 Å². The van der Waals surface area contributed by atoms with Crippen LogP contribution in [0, 0.1) is 19.8 Å². The van der Waals surface area contributed by atoms with Gasteiger partial charge in [-0.2, -0.15) is 5.10 Å². The van der Waals surface area contributed by atoms with Gasteiger partial charge in [0, 0.05) is 30.8 Å². The third kappa shape index (κ3) is 1.68. The minimum atomic E-state index is 0.156. The van der Waals surface area contributed by atoms with E-state index in [1.165, 1.54) is 11.3 Å². The summed E-state index contributed by atoms with van der Waals surface area (Å²) >= 11 is 0. The van der Waals surface area contributed by atoms with Crippen molar-refractivity contribution in [2.75, 3.05) is 13.2 Å². The molecule has 0 aliphatic carbocycles. The van der Waals surface area contributed by atoms with Crippen molar-refractivity contribution in [1.82, 2.24) is 9.78 Å². The zero-order chi connectivity index (χ0) is 11.0. The van der Waals surface area contributed by atoms with Gasteiger partial charge in [0.05, 0.1) is 11.8 Å². The molecule has 2 N–H and O–H groups in total. The number of hydrogen-bond donors (Lipinski definition) is 1. The zero-order valence-corrected chi connectivity index (χ0v) is 9.66. The van der Waals surface area contributed by atoms with Gasteiger partial charge >= 0.3 is 0 Å². The van der Waals surface area contributed by atoms with E-state index in [0.717, 1.165) is 18.7 Å². The summed E-state index contributed by atoms with van der Waals surface area (Å²) in [4.78, 5) is 0. The Morgan fingerprint density at radius 3 is 2.80 bits per heavy atom. The van der Waals surface area contributed by atoms with Crippen molar-refractivity contribution in [2.45, 2.75) is 26.4 Å². The molecule has 1 aromatic heterocycles. The Kier molecular flexibility index (Phi) is 2.80. The molecular formula is C11H19N3O. The number of nitrogens with two attached hydrogens (primary N) is 1. The molecule has 1 aliphatic rings. The maximum Gasteiger partial charge on any atom is 0.0901 e. The van der Waals surface area contributed by atoms with E-state index in [1.807, 2.05) is 18.7 Å². The second-order valence-electron chi connectivity index (χ2n) is 4.28. The van der Waals surface area contributed by atoms with Gasteiger partial charge in [0.15, 0.2) is 0 Å². The lowest BCUT2D eigenvalue weighted by Gasteiger charge is -2.17. The Hall–Kier alpha value is -0.870. The van der Waals surface area contributed by atoms with Crippen LogP contribution in [0.2, 0.25) is 0 Å². The third-order valence-electron chi connectivity index (χ3n) is 3.37. The highest BCUT2D eigenvalue weighted by Gasteiger charge is 2.32. The molecule has 0 spiro atoms. The molecular weight excluding hydrogens is 190 g/mol. The van der Waals surface area contributed by atoms with Crippen molar-refractivity contribution in [2.24, 2.45) is 18.7 Å². The Morgan fingerprint density at radius 1 is 1.53 bits per heavy atom. The summed E-state index contributed by atoms with van der Waals surface area (Å²) in [5.74, 6) is 0.451. The Bertz CT molecular complexity index is 359. The van der Waals surface area contributed by atoms with Gasteiger partial charge in [0.2, 0.25) is 0 Å². The number of rotatable bonds is 2. The van der Waals surface area contributed by atoms with E-state index in [9.17, 15) is 0 Å². The van der Waals surface area contributed by atoms with Crippen LogP contribution in [0.4, 0.5) is 0 Å². The minimum Gasteiger partial charge on any atom is -0.373 e. The molecule has 1 aliphatic heterocycles. The first-order chi connectivity index (χ1) is 7.15. The van der Waals surface area contributed by atoms with Crippen molar-refractivity contribution >= 4 is 0 Å². The highest BCUT2D eigenvalue weighted by atomic mass is 16.5. The first kappa shape index (κ1) is 10.6. The number of aryl methyl sites for hydroxylation is 2. The van der Waals surface area contributed by atoms with E-state index in [1.54, 1.807) is 0 Å². The maximum absolute atomic E-state index is 5.78. The number of aromatic nitrogens is 2. The fourth-order valence-electron chi connectivity index (χ4n) is 2.40. The number of nitrogens with zero attached hydrogens (tertiary/aromatic N) is 2. The van der Waals surface area contributed by atoms with Gasteiger partial charge in [-0.1, -0.05) is 0 Å². The molecule has 0 amide bonds. The van der Waals surface area contributed by atoms with Crippen molar-refractivity contribution in [3.8, 4) is 0 Å². The second kappa shape index (κ2) is 3.94. The van der Waals surface area contributed by atoms with Crippen molar-refractivity contribution in [3.63, 3.8) is 0 Å². The number of hydrogen-bond acceptors (Lipinski definition) is 3. The standard InChI is InChI=1S/C11H19N3O/c1-7-10(8(2)14(3)13-7)11-9(6-12)4-5-15-11/h9,11H,4-6,12H2,1-3H3. The fourth-order valence-corrected chi connectivity index (χ4v) is 2.40. The summed E-state index contributed by atoms with van der Waals surface area (Å²) in [6.07, 6.45) is 1.22. The molecule has 0 bridgehead atoms. The molecule has 2 atom stereocenters. The largest absolute Gasteiger partial charge is 0.373 e. The van der Waals surface area contributed by atoms with Gasteiger partial charge in [-0.15, -0.1) is 0 Å². The molecule has 0 aromatic carbocycles. The van der Waals surface area contributed by atoms with E-state index in [-0.39, 0.29) is 6.10 Å².